The van der Waals surface area contributed by atoms with Crippen LogP contribution < -0.4 is 16.2 Å². The highest BCUT2D eigenvalue weighted by atomic mass is 16.4. The van der Waals surface area contributed by atoms with Crippen LogP contribution in [0, 0.1) is 12.8 Å². The molecule has 2 aromatic rings. The van der Waals surface area contributed by atoms with Gasteiger partial charge in [-0.25, -0.2) is 4.79 Å². The van der Waals surface area contributed by atoms with Crippen molar-refractivity contribution in [3.8, 4) is 0 Å². The molecule has 3 N–H and O–H groups in total. The monoisotopic (exact) mass is 399 g/mol. The van der Waals surface area contributed by atoms with E-state index in [1.54, 1.807) is 31.3 Å². The smallest absolute Gasteiger partial charge is 0.326 e. The van der Waals surface area contributed by atoms with Gasteiger partial charge in [-0.05, 0) is 55.2 Å². The summed E-state index contributed by atoms with van der Waals surface area (Å²) in [5.41, 5.74) is 1.30. The van der Waals surface area contributed by atoms with Crippen molar-refractivity contribution in [1.29, 1.82) is 0 Å². The number of amides is 2. The number of anilines is 1. The lowest BCUT2D eigenvalue weighted by Crippen LogP contribution is -2.41. The van der Waals surface area contributed by atoms with Crippen LogP contribution in [0.1, 0.15) is 36.2 Å². The average molecular weight is 399 g/mol. The maximum absolute atomic E-state index is 12.3. The maximum Gasteiger partial charge on any atom is 0.326 e. The molecule has 0 radical (unpaired) electrons. The number of hydrogen-bond acceptors (Lipinski definition) is 4. The quantitative estimate of drug-likeness (QED) is 0.628. The number of carbonyl (C=O) groups is 3. The van der Waals surface area contributed by atoms with Gasteiger partial charge in [0.1, 0.15) is 12.6 Å². The Hall–Kier alpha value is -3.42. The predicted octanol–water partition coefficient (Wildman–Crippen LogP) is 2.02. The molecule has 0 aliphatic carbocycles. The van der Waals surface area contributed by atoms with Crippen molar-refractivity contribution >= 4 is 23.5 Å². The molecule has 0 aliphatic heterocycles. The average Bonchev–Trinajstić information content (AvgIpc) is 2.63. The predicted molar refractivity (Wildman–Crippen MR) is 109 cm³/mol. The molecule has 0 fully saturated rings. The SMILES string of the molecule is Cc1ccn(CC(=O)Nc2ccc(C(=O)NC(CC(C)C)C(=O)O)cc2)c(=O)c1. The molecule has 1 aromatic carbocycles. The van der Waals surface area contributed by atoms with E-state index in [2.05, 4.69) is 10.6 Å². The van der Waals surface area contributed by atoms with E-state index in [1.165, 1.54) is 22.8 Å². The van der Waals surface area contributed by atoms with Crippen LogP contribution in [0.4, 0.5) is 5.69 Å². The molecule has 0 saturated carbocycles. The Morgan fingerprint density at radius 1 is 1.10 bits per heavy atom. The van der Waals surface area contributed by atoms with Crippen LogP contribution in [-0.4, -0.2) is 33.5 Å². The number of aliphatic carboxylic acids is 1. The first-order chi connectivity index (χ1) is 13.7. The zero-order chi connectivity index (χ0) is 21.6. The summed E-state index contributed by atoms with van der Waals surface area (Å²) in [7, 11) is 0. The first-order valence-corrected chi connectivity index (χ1v) is 9.26. The second-order valence-electron chi connectivity index (χ2n) is 7.29. The Morgan fingerprint density at radius 2 is 1.76 bits per heavy atom. The fourth-order valence-corrected chi connectivity index (χ4v) is 2.73. The number of nitrogens with zero attached hydrogens (tertiary/aromatic N) is 1. The van der Waals surface area contributed by atoms with Crippen LogP contribution in [0.15, 0.2) is 47.4 Å². The molecule has 2 amide bonds. The molecule has 1 atom stereocenters. The number of nitrogens with one attached hydrogen (secondary N) is 2. The second-order valence-corrected chi connectivity index (χ2v) is 7.29. The maximum atomic E-state index is 12.3. The van der Waals surface area contributed by atoms with Crippen LogP contribution in [0.2, 0.25) is 0 Å². The van der Waals surface area contributed by atoms with Crippen LogP contribution in [-0.2, 0) is 16.1 Å². The van der Waals surface area contributed by atoms with Gasteiger partial charge in [0.05, 0.1) is 0 Å². The van der Waals surface area contributed by atoms with E-state index in [9.17, 15) is 24.3 Å². The van der Waals surface area contributed by atoms with Crippen molar-refractivity contribution in [1.82, 2.24) is 9.88 Å². The number of benzene rings is 1. The van der Waals surface area contributed by atoms with Crippen LogP contribution in [0.3, 0.4) is 0 Å². The Bertz CT molecular complexity index is 948. The molecule has 29 heavy (non-hydrogen) atoms. The molecule has 1 unspecified atom stereocenters. The molecule has 8 heteroatoms. The summed E-state index contributed by atoms with van der Waals surface area (Å²) in [4.78, 5) is 47.6. The number of aromatic nitrogens is 1. The molecule has 1 aromatic heterocycles. The summed E-state index contributed by atoms with van der Waals surface area (Å²) < 4.78 is 1.30. The van der Waals surface area contributed by atoms with E-state index in [0.29, 0.717) is 12.1 Å². The summed E-state index contributed by atoms with van der Waals surface area (Å²) in [6.07, 6.45) is 1.88. The number of rotatable bonds is 8. The van der Waals surface area contributed by atoms with Crippen molar-refractivity contribution < 1.29 is 19.5 Å². The normalized spacial score (nSPS) is 11.7. The van der Waals surface area contributed by atoms with Gasteiger partial charge in [0.25, 0.3) is 11.5 Å². The van der Waals surface area contributed by atoms with E-state index in [-0.39, 0.29) is 29.5 Å². The van der Waals surface area contributed by atoms with Gasteiger partial charge in [-0.1, -0.05) is 13.8 Å². The van der Waals surface area contributed by atoms with Crippen molar-refractivity contribution in [2.24, 2.45) is 5.92 Å². The van der Waals surface area contributed by atoms with Gasteiger partial charge in [-0.2, -0.15) is 0 Å². The lowest BCUT2D eigenvalue weighted by molar-refractivity contribution is -0.139. The van der Waals surface area contributed by atoms with Gasteiger partial charge in [-0.15, -0.1) is 0 Å². The molecule has 0 aliphatic rings. The Morgan fingerprint density at radius 3 is 2.31 bits per heavy atom. The van der Waals surface area contributed by atoms with E-state index in [0.717, 1.165) is 5.56 Å². The van der Waals surface area contributed by atoms with Gasteiger partial charge in [0.2, 0.25) is 5.91 Å². The van der Waals surface area contributed by atoms with Crippen LogP contribution >= 0.6 is 0 Å². The molecule has 0 bridgehead atoms. The molecular formula is C21H25N3O5. The molecule has 154 valence electrons. The second kappa shape index (κ2) is 9.68. The van der Waals surface area contributed by atoms with Crippen LogP contribution in [0.25, 0.3) is 0 Å². The molecule has 0 spiro atoms. The molecule has 8 nitrogen and oxygen atoms in total. The number of hydrogen-bond donors (Lipinski definition) is 3. The molecule has 0 saturated heterocycles. The highest BCUT2D eigenvalue weighted by Gasteiger charge is 2.21. The minimum atomic E-state index is -1.08. The summed E-state index contributed by atoms with van der Waals surface area (Å²) in [5, 5.41) is 14.4. The Kier molecular flexibility index (Phi) is 7.30. The topological polar surface area (TPSA) is 118 Å². The van der Waals surface area contributed by atoms with E-state index >= 15 is 0 Å². The lowest BCUT2D eigenvalue weighted by atomic mass is 10.0. The Labute approximate surface area is 168 Å². The zero-order valence-corrected chi connectivity index (χ0v) is 16.6. The van der Waals surface area contributed by atoms with Crippen molar-refractivity contribution in [2.45, 2.75) is 39.8 Å². The minimum Gasteiger partial charge on any atom is -0.480 e. The highest BCUT2D eigenvalue weighted by Crippen LogP contribution is 2.11. The third kappa shape index (κ3) is 6.60. The molecular weight excluding hydrogens is 374 g/mol. The Balaban J connectivity index is 1.98. The fourth-order valence-electron chi connectivity index (χ4n) is 2.73. The van der Waals surface area contributed by atoms with E-state index < -0.39 is 17.9 Å². The summed E-state index contributed by atoms with van der Waals surface area (Å²) >= 11 is 0. The summed E-state index contributed by atoms with van der Waals surface area (Å²) in [6.45, 7) is 5.43. The third-order valence-electron chi connectivity index (χ3n) is 4.21. The van der Waals surface area contributed by atoms with Crippen molar-refractivity contribution in [3.05, 3.63) is 64.1 Å². The molecule has 2 rings (SSSR count). The van der Waals surface area contributed by atoms with Gasteiger partial charge >= 0.3 is 5.97 Å². The summed E-state index contributed by atoms with van der Waals surface area (Å²) in [6, 6.07) is 8.31. The highest BCUT2D eigenvalue weighted by molar-refractivity contribution is 5.97. The fraction of sp³-hybridized carbons (Fsp3) is 0.333. The number of carboxylic acid groups (broad SMARTS) is 1. The van der Waals surface area contributed by atoms with E-state index in [4.69, 9.17) is 0 Å². The zero-order valence-electron chi connectivity index (χ0n) is 16.6. The lowest BCUT2D eigenvalue weighted by Gasteiger charge is -2.16. The summed E-state index contributed by atoms with van der Waals surface area (Å²) in [5.74, 6) is -1.84. The first-order valence-electron chi connectivity index (χ1n) is 9.26. The van der Waals surface area contributed by atoms with E-state index in [1.807, 2.05) is 13.8 Å². The number of carboxylic acids is 1. The van der Waals surface area contributed by atoms with Crippen molar-refractivity contribution in [2.75, 3.05) is 5.32 Å². The van der Waals surface area contributed by atoms with Crippen LogP contribution in [0.5, 0.6) is 0 Å². The van der Waals surface area contributed by atoms with Crippen molar-refractivity contribution in [3.63, 3.8) is 0 Å². The minimum absolute atomic E-state index is 0.120. The van der Waals surface area contributed by atoms with Gasteiger partial charge in [0.15, 0.2) is 0 Å². The standard InChI is InChI=1S/C21H25N3O5/c1-13(2)10-17(21(28)29)23-20(27)15-4-6-16(7-5-15)22-18(25)12-24-9-8-14(3)11-19(24)26/h4-9,11,13,17H,10,12H2,1-3H3,(H,22,25)(H,23,27)(H,28,29). The van der Waals surface area contributed by atoms with Gasteiger partial charge in [0, 0.05) is 23.5 Å². The number of pyridine rings is 1. The third-order valence-corrected chi connectivity index (χ3v) is 4.21. The largest absolute Gasteiger partial charge is 0.480 e. The number of carbonyl (C=O) groups excluding carboxylic acids is 2. The molecule has 1 heterocycles. The first kappa shape index (κ1) is 21.9. The van der Waals surface area contributed by atoms with Gasteiger partial charge in [-0.3, -0.25) is 14.4 Å². The number of aryl methyl sites for hydroxylation is 1. The van der Waals surface area contributed by atoms with Gasteiger partial charge < -0.3 is 20.3 Å².